The lowest BCUT2D eigenvalue weighted by molar-refractivity contribution is -0.384. The van der Waals surface area contributed by atoms with E-state index < -0.39 is 22.8 Å². The van der Waals surface area contributed by atoms with E-state index in [2.05, 4.69) is 21.2 Å². The molecule has 0 unspecified atom stereocenters. The molecule has 3 rings (SSSR count). The summed E-state index contributed by atoms with van der Waals surface area (Å²) in [6.07, 6.45) is 1.21. The number of anilines is 1. The van der Waals surface area contributed by atoms with Crippen LogP contribution in [0.15, 0.2) is 58.6 Å². The highest BCUT2D eigenvalue weighted by molar-refractivity contribution is 9.10. The summed E-state index contributed by atoms with van der Waals surface area (Å²) in [4.78, 5) is 48.0. The van der Waals surface area contributed by atoms with Crippen LogP contribution in [0.3, 0.4) is 0 Å². The number of carbonyl (C=O) groups excluding carboxylic acids is 3. The number of carbonyl (C=O) groups is 3. The normalized spacial score (nSPS) is 16.0. The number of urea groups is 1. The van der Waals surface area contributed by atoms with Gasteiger partial charge in [0.2, 0.25) is 0 Å². The number of hydrogen-bond acceptors (Lipinski definition) is 5. The number of nitro groups is 1. The van der Waals surface area contributed by atoms with Gasteiger partial charge in [-0.2, -0.15) is 0 Å². The van der Waals surface area contributed by atoms with Crippen LogP contribution in [0.5, 0.6) is 0 Å². The van der Waals surface area contributed by atoms with Crippen molar-refractivity contribution >= 4 is 51.2 Å². The van der Waals surface area contributed by atoms with Crippen LogP contribution in [-0.2, 0) is 9.59 Å². The third kappa shape index (κ3) is 3.38. The van der Waals surface area contributed by atoms with E-state index in [1.165, 1.54) is 30.3 Å². The Labute approximate surface area is 155 Å². The lowest BCUT2D eigenvalue weighted by Crippen LogP contribution is -2.54. The molecule has 9 heteroatoms. The van der Waals surface area contributed by atoms with Gasteiger partial charge in [-0.05, 0) is 29.8 Å². The lowest BCUT2D eigenvalue weighted by atomic mass is 10.1. The van der Waals surface area contributed by atoms with Crippen LogP contribution in [0.2, 0.25) is 0 Å². The highest BCUT2D eigenvalue weighted by Gasteiger charge is 2.36. The van der Waals surface area contributed by atoms with Crippen molar-refractivity contribution in [3.63, 3.8) is 0 Å². The number of nitrogens with zero attached hydrogens (tertiary/aromatic N) is 2. The molecule has 130 valence electrons. The second-order valence-corrected chi connectivity index (χ2v) is 6.21. The third-order valence-electron chi connectivity index (χ3n) is 3.56. The Hall–Kier alpha value is -3.33. The molecule has 0 saturated carbocycles. The molecule has 8 nitrogen and oxygen atoms in total. The van der Waals surface area contributed by atoms with Gasteiger partial charge in [-0.15, -0.1) is 0 Å². The number of halogens is 1. The van der Waals surface area contributed by atoms with E-state index in [4.69, 9.17) is 0 Å². The first kappa shape index (κ1) is 17.5. The molecule has 0 spiro atoms. The SMILES string of the molecule is O=C1NC(=O)N(c2cccc(Br)c2)C(=O)C1=Cc1cccc([N+](=O)[O-])c1. The number of amides is 4. The number of imide groups is 2. The number of rotatable bonds is 3. The fourth-order valence-corrected chi connectivity index (χ4v) is 2.79. The Bertz CT molecular complexity index is 986. The van der Waals surface area contributed by atoms with Crippen molar-refractivity contribution < 1.29 is 19.3 Å². The smallest absolute Gasteiger partial charge is 0.273 e. The predicted octanol–water partition coefficient (Wildman–Crippen LogP) is 3.02. The van der Waals surface area contributed by atoms with Gasteiger partial charge in [0.25, 0.3) is 17.5 Å². The monoisotopic (exact) mass is 415 g/mol. The first-order valence-electron chi connectivity index (χ1n) is 7.28. The van der Waals surface area contributed by atoms with Crippen molar-refractivity contribution in [1.29, 1.82) is 0 Å². The molecule has 0 aliphatic carbocycles. The minimum Gasteiger partial charge on any atom is -0.273 e. The molecule has 2 aromatic carbocycles. The van der Waals surface area contributed by atoms with Gasteiger partial charge in [0.15, 0.2) is 0 Å². The summed E-state index contributed by atoms with van der Waals surface area (Å²) in [5.74, 6) is -1.68. The summed E-state index contributed by atoms with van der Waals surface area (Å²) >= 11 is 3.26. The van der Waals surface area contributed by atoms with Crippen molar-refractivity contribution in [2.45, 2.75) is 0 Å². The molecule has 1 saturated heterocycles. The third-order valence-corrected chi connectivity index (χ3v) is 4.05. The standard InChI is InChI=1S/C17H10BrN3O5/c18-11-4-2-5-12(9-11)20-16(23)14(15(22)19-17(20)24)8-10-3-1-6-13(7-10)21(25)26/h1-9H,(H,19,22,24). The fraction of sp³-hybridized carbons (Fsp3) is 0. The quantitative estimate of drug-likeness (QED) is 0.358. The fourth-order valence-electron chi connectivity index (χ4n) is 2.40. The molecule has 4 amide bonds. The molecule has 1 heterocycles. The van der Waals surface area contributed by atoms with Gasteiger partial charge in [0.05, 0.1) is 10.6 Å². The minimum absolute atomic E-state index is 0.178. The van der Waals surface area contributed by atoms with Gasteiger partial charge in [-0.1, -0.05) is 34.1 Å². The zero-order valence-corrected chi connectivity index (χ0v) is 14.6. The molecule has 2 aromatic rings. The second kappa shape index (κ2) is 6.89. The van der Waals surface area contributed by atoms with Crippen LogP contribution < -0.4 is 10.2 Å². The van der Waals surface area contributed by atoms with Gasteiger partial charge in [0, 0.05) is 16.6 Å². The Morgan fingerprint density at radius 3 is 2.50 bits per heavy atom. The highest BCUT2D eigenvalue weighted by Crippen LogP contribution is 2.25. The minimum atomic E-state index is -0.866. The molecular weight excluding hydrogens is 406 g/mol. The van der Waals surface area contributed by atoms with Crippen molar-refractivity contribution in [2.75, 3.05) is 4.90 Å². The largest absolute Gasteiger partial charge is 0.335 e. The number of benzene rings is 2. The average molecular weight is 416 g/mol. The second-order valence-electron chi connectivity index (χ2n) is 5.29. The van der Waals surface area contributed by atoms with Crippen molar-refractivity contribution in [2.24, 2.45) is 0 Å². The van der Waals surface area contributed by atoms with E-state index in [0.717, 1.165) is 4.90 Å². The summed E-state index contributed by atoms with van der Waals surface area (Å²) < 4.78 is 0.650. The van der Waals surface area contributed by atoms with Gasteiger partial charge in [0.1, 0.15) is 5.57 Å². The molecular formula is C17H10BrN3O5. The molecule has 1 aliphatic heterocycles. The van der Waals surface area contributed by atoms with Crippen molar-refractivity contribution in [3.8, 4) is 0 Å². The molecule has 1 aliphatic rings. The highest BCUT2D eigenvalue weighted by atomic mass is 79.9. The zero-order chi connectivity index (χ0) is 18.8. The summed E-state index contributed by atoms with van der Waals surface area (Å²) in [5, 5.41) is 13.0. The average Bonchev–Trinajstić information content (AvgIpc) is 2.59. The zero-order valence-electron chi connectivity index (χ0n) is 13.0. The van der Waals surface area contributed by atoms with Gasteiger partial charge < -0.3 is 0 Å². The van der Waals surface area contributed by atoms with E-state index in [0.29, 0.717) is 10.0 Å². The van der Waals surface area contributed by atoms with Gasteiger partial charge >= 0.3 is 6.03 Å². The van der Waals surface area contributed by atoms with E-state index >= 15 is 0 Å². The lowest BCUT2D eigenvalue weighted by Gasteiger charge is -2.26. The summed E-state index contributed by atoms with van der Waals surface area (Å²) in [5.41, 5.74) is 0.0913. The topological polar surface area (TPSA) is 110 Å². The van der Waals surface area contributed by atoms with Crippen LogP contribution in [-0.4, -0.2) is 22.8 Å². The molecule has 1 fully saturated rings. The van der Waals surface area contributed by atoms with Crippen molar-refractivity contribution in [1.82, 2.24) is 5.32 Å². The summed E-state index contributed by atoms with van der Waals surface area (Å²) in [7, 11) is 0. The van der Waals surface area contributed by atoms with Crippen LogP contribution in [0.4, 0.5) is 16.2 Å². The number of non-ortho nitro benzene ring substituents is 1. The number of nitro benzene ring substituents is 1. The number of hydrogen-bond donors (Lipinski definition) is 1. The first-order chi connectivity index (χ1) is 12.4. The van der Waals surface area contributed by atoms with Crippen LogP contribution >= 0.6 is 15.9 Å². The predicted molar refractivity (Wildman–Crippen MR) is 96.2 cm³/mol. The summed E-state index contributed by atoms with van der Waals surface area (Å²) in [6.45, 7) is 0. The molecule has 0 radical (unpaired) electrons. The summed E-state index contributed by atoms with van der Waals surface area (Å²) in [6, 6.07) is 11.1. The van der Waals surface area contributed by atoms with E-state index in [1.807, 2.05) is 0 Å². The van der Waals surface area contributed by atoms with E-state index in [1.54, 1.807) is 24.3 Å². The number of barbiturate groups is 1. The van der Waals surface area contributed by atoms with Gasteiger partial charge in [-0.25, -0.2) is 9.69 Å². The Balaban J connectivity index is 2.03. The Kier molecular flexibility index (Phi) is 4.63. The number of nitrogens with one attached hydrogen (secondary N) is 1. The van der Waals surface area contributed by atoms with E-state index in [-0.39, 0.29) is 16.9 Å². The van der Waals surface area contributed by atoms with E-state index in [9.17, 15) is 24.5 Å². The first-order valence-corrected chi connectivity index (χ1v) is 8.07. The maximum atomic E-state index is 12.7. The maximum Gasteiger partial charge on any atom is 0.335 e. The Morgan fingerprint density at radius 2 is 1.81 bits per heavy atom. The van der Waals surface area contributed by atoms with Crippen LogP contribution in [0, 0.1) is 10.1 Å². The van der Waals surface area contributed by atoms with Crippen LogP contribution in [0.1, 0.15) is 5.56 Å². The van der Waals surface area contributed by atoms with Gasteiger partial charge in [-0.3, -0.25) is 25.0 Å². The molecule has 0 atom stereocenters. The molecule has 26 heavy (non-hydrogen) atoms. The molecule has 0 aromatic heterocycles. The Morgan fingerprint density at radius 1 is 1.08 bits per heavy atom. The molecule has 1 N–H and O–H groups in total. The maximum absolute atomic E-state index is 12.7. The molecule has 0 bridgehead atoms. The van der Waals surface area contributed by atoms with Crippen molar-refractivity contribution in [3.05, 3.63) is 74.3 Å². The van der Waals surface area contributed by atoms with Crippen LogP contribution in [0.25, 0.3) is 6.08 Å².